The second-order valence-corrected chi connectivity index (χ2v) is 3.93. The van der Waals surface area contributed by atoms with E-state index in [0.29, 0.717) is 16.6 Å². The molecule has 0 aliphatic rings. The van der Waals surface area contributed by atoms with Gasteiger partial charge in [0.25, 0.3) is 0 Å². The molecule has 0 unspecified atom stereocenters. The molecule has 0 saturated heterocycles. The fourth-order valence-electron chi connectivity index (χ4n) is 1.05. The van der Waals surface area contributed by atoms with Crippen LogP contribution in [-0.2, 0) is 13.2 Å². The van der Waals surface area contributed by atoms with Gasteiger partial charge in [-0.2, -0.15) is 5.10 Å². The summed E-state index contributed by atoms with van der Waals surface area (Å²) in [5, 5.41) is 13.5. The molecule has 74 valence electrons. The van der Waals surface area contributed by atoms with Crippen LogP contribution in [0.3, 0.4) is 0 Å². The predicted molar refractivity (Wildman–Crippen MR) is 52.6 cm³/mol. The molecule has 1 aromatic rings. The summed E-state index contributed by atoms with van der Waals surface area (Å²) in [4.78, 5) is 0. The zero-order valence-electron chi connectivity index (χ0n) is 8.00. The maximum Gasteiger partial charge on any atom is 0.106 e. The Morgan fingerprint density at radius 3 is 2.77 bits per heavy atom. The number of nitrogens with zero attached hydrogens (tertiary/aromatic N) is 2. The van der Waals surface area contributed by atoms with E-state index in [1.165, 1.54) is 0 Å². The first-order chi connectivity index (χ1) is 6.13. The normalized spacial score (nSPS) is 11.2. The van der Waals surface area contributed by atoms with E-state index < -0.39 is 0 Å². The van der Waals surface area contributed by atoms with Crippen molar-refractivity contribution >= 4 is 11.6 Å². The molecule has 3 nitrogen and oxygen atoms in total. The summed E-state index contributed by atoms with van der Waals surface area (Å²) in [5.74, 6) is 0.653. The molecule has 0 radical (unpaired) electrons. The topological polar surface area (TPSA) is 38.0 Å². The Balaban J connectivity index is 2.57. The first-order valence-electron chi connectivity index (χ1n) is 4.46. The van der Waals surface area contributed by atoms with Crippen LogP contribution in [0.25, 0.3) is 0 Å². The zero-order chi connectivity index (χ0) is 9.84. The Morgan fingerprint density at radius 1 is 1.62 bits per heavy atom. The molecular weight excluding hydrogens is 188 g/mol. The fourth-order valence-corrected chi connectivity index (χ4v) is 1.26. The van der Waals surface area contributed by atoms with Gasteiger partial charge in [0.05, 0.1) is 11.6 Å². The van der Waals surface area contributed by atoms with Gasteiger partial charge in [0.15, 0.2) is 0 Å². The Hall–Kier alpha value is -0.540. The van der Waals surface area contributed by atoms with Gasteiger partial charge in [-0.15, -0.1) is 0 Å². The zero-order valence-corrected chi connectivity index (χ0v) is 8.75. The SMILES string of the molecule is CC(C)CCn1cc(Cl)c(CO)n1. The molecule has 0 fully saturated rings. The minimum absolute atomic E-state index is 0.0898. The highest BCUT2D eigenvalue weighted by molar-refractivity contribution is 6.31. The lowest BCUT2D eigenvalue weighted by molar-refractivity contribution is 0.275. The highest BCUT2D eigenvalue weighted by Gasteiger charge is 2.05. The molecule has 0 aliphatic carbocycles. The lowest BCUT2D eigenvalue weighted by Gasteiger charge is -2.03. The number of aryl methyl sites for hydroxylation is 1. The van der Waals surface area contributed by atoms with Gasteiger partial charge in [-0.25, -0.2) is 0 Å². The molecule has 0 amide bonds. The van der Waals surface area contributed by atoms with Crippen molar-refractivity contribution in [2.45, 2.75) is 33.4 Å². The standard InChI is InChI=1S/C9H15ClN2O/c1-7(2)3-4-12-5-8(10)9(6-13)11-12/h5,7,13H,3-4,6H2,1-2H3. The van der Waals surface area contributed by atoms with Crippen molar-refractivity contribution in [1.82, 2.24) is 9.78 Å². The molecule has 0 spiro atoms. The van der Waals surface area contributed by atoms with Crippen LogP contribution < -0.4 is 0 Å². The van der Waals surface area contributed by atoms with Crippen molar-refractivity contribution in [1.29, 1.82) is 0 Å². The Kier molecular flexibility index (Phi) is 3.75. The second kappa shape index (κ2) is 4.63. The summed E-state index contributed by atoms with van der Waals surface area (Å²) in [6, 6.07) is 0. The van der Waals surface area contributed by atoms with Crippen LogP contribution in [-0.4, -0.2) is 14.9 Å². The maximum atomic E-state index is 8.85. The third kappa shape index (κ3) is 3.01. The molecule has 4 heteroatoms. The molecule has 13 heavy (non-hydrogen) atoms. The molecule has 0 saturated carbocycles. The minimum atomic E-state index is -0.0898. The van der Waals surface area contributed by atoms with Crippen LogP contribution in [0, 0.1) is 5.92 Å². The summed E-state index contributed by atoms with van der Waals surface area (Å²) in [5.41, 5.74) is 0.561. The quantitative estimate of drug-likeness (QED) is 0.812. The highest BCUT2D eigenvalue weighted by Crippen LogP contribution is 2.14. The number of aliphatic hydroxyl groups is 1. The smallest absolute Gasteiger partial charge is 0.106 e. The maximum absolute atomic E-state index is 8.85. The van der Waals surface area contributed by atoms with E-state index in [-0.39, 0.29) is 6.61 Å². The molecule has 0 aromatic carbocycles. The van der Waals surface area contributed by atoms with E-state index in [1.54, 1.807) is 10.9 Å². The van der Waals surface area contributed by atoms with Crippen molar-refractivity contribution in [3.63, 3.8) is 0 Å². The van der Waals surface area contributed by atoms with Crippen LogP contribution in [0.4, 0.5) is 0 Å². The number of rotatable bonds is 4. The van der Waals surface area contributed by atoms with Gasteiger partial charge < -0.3 is 5.11 Å². The van der Waals surface area contributed by atoms with E-state index in [4.69, 9.17) is 16.7 Å². The van der Waals surface area contributed by atoms with Gasteiger partial charge in [0, 0.05) is 12.7 Å². The first kappa shape index (κ1) is 10.5. The van der Waals surface area contributed by atoms with Crippen molar-refractivity contribution in [3.8, 4) is 0 Å². The third-order valence-electron chi connectivity index (χ3n) is 1.87. The van der Waals surface area contributed by atoms with Crippen LogP contribution in [0.15, 0.2) is 6.20 Å². The summed E-state index contributed by atoms with van der Waals surface area (Å²) in [6.07, 6.45) is 2.83. The lowest BCUT2D eigenvalue weighted by Crippen LogP contribution is -2.02. The Morgan fingerprint density at radius 2 is 2.31 bits per heavy atom. The summed E-state index contributed by atoms with van der Waals surface area (Å²) >= 11 is 5.82. The molecule has 1 rings (SSSR count). The van der Waals surface area contributed by atoms with Crippen LogP contribution in [0.1, 0.15) is 26.0 Å². The highest BCUT2D eigenvalue weighted by atomic mass is 35.5. The van der Waals surface area contributed by atoms with Crippen LogP contribution >= 0.6 is 11.6 Å². The van der Waals surface area contributed by atoms with Gasteiger partial charge in [-0.1, -0.05) is 25.4 Å². The van der Waals surface area contributed by atoms with E-state index in [0.717, 1.165) is 13.0 Å². The van der Waals surface area contributed by atoms with Gasteiger partial charge in [-0.3, -0.25) is 4.68 Å². The molecule has 1 heterocycles. The summed E-state index contributed by atoms with van der Waals surface area (Å²) in [6.45, 7) is 5.10. The monoisotopic (exact) mass is 202 g/mol. The molecule has 0 bridgehead atoms. The fraction of sp³-hybridized carbons (Fsp3) is 0.667. The van der Waals surface area contributed by atoms with Crippen molar-refractivity contribution in [2.24, 2.45) is 5.92 Å². The van der Waals surface area contributed by atoms with E-state index >= 15 is 0 Å². The largest absolute Gasteiger partial charge is 0.390 e. The average molecular weight is 203 g/mol. The third-order valence-corrected chi connectivity index (χ3v) is 2.19. The second-order valence-electron chi connectivity index (χ2n) is 3.53. The van der Waals surface area contributed by atoms with E-state index in [2.05, 4.69) is 18.9 Å². The van der Waals surface area contributed by atoms with Crippen LogP contribution in [0.5, 0.6) is 0 Å². The molecule has 0 atom stereocenters. The van der Waals surface area contributed by atoms with Crippen molar-refractivity contribution in [2.75, 3.05) is 0 Å². The number of aromatic nitrogens is 2. The molecule has 0 aliphatic heterocycles. The van der Waals surface area contributed by atoms with Crippen molar-refractivity contribution in [3.05, 3.63) is 16.9 Å². The van der Waals surface area contributed by atoms with Gasteiger partial charge in [-0.05, 0) is 12.3 Å². The van der Waals surface area contributed by atoms with Crippen molar-refractivity contribution < 1.29 is 5.11 Å². The van der Waals surface area contributed by atoms with Gasteiger partial charge >= 0.3 is 0 Å². The number of halogens is 1. The van der Waals surface area contributed by atoms with Crippen LogP contribution in [0.2, 0.25) is 5.02 Å². The van der Waals surface area contributed by atoms with Gasteiger partial charge in [0.2, 0.25) is 0 Å². The predicted octanol–water partition coefficient (Wildman–Crippen LogP) is 2.07. The summed E-state index contributed by atoms with van der Waals surface area (Å²) in [7, 11) is 0. The van der Waals surface area contributed by atoms with E-state index in [1.807, 2.05) is 0 Å². The average Bonchev–Trinajstić information content (AvgIpc) is 2.43. The molecule has 1 N–H and O–H groups in total. The van der Waals surface area contributed by atoms with Gasteiger partial charge in [0.1, 0.15) is 5.69 Å². The number of hydrogen-bond donors (Lipinski definition) is 1. The number of hydrogen-bond acceptors (Lipinski definition) is 2. The Bertz CT molecular complexity index is 271. The lowest BCUT2D eigenvalue weighted by atomic mass is 10.1. The summed E-state index contributed by atoms with van der Waals surface area (Å²) < 4.78 is 1.79. The minimum Gasteiger partial charge on any atom is -0.390 e. The first-order valence-corrected chi connectivity index (χ1v) is 4.84. The molecule has 1 aromatic heterocycles. The van der Waals surface area contributed by atoms with E-state index in [9.17, 15) is 0 Å². The Labute approximate surface area is 83.3 Å². The molecular formula is C9H15ClN2O. The number of aliphatic hydroxyl groups excluding tert-OH is 1.